The highest BCUT2D eigenvalue weighted by atomic mass is 32.2. The summed E-state index contributed by atoms with van der Waals surface area (Å²) >= 11 is 0. The zero-order chi connectivity index (χ0) is 15.7. The number of nitrogens with one attached hydrogen (secondary N) is 1. The SMILES string of the molecule is COC(=O)c1ccccc1S(=O)(=O)NC1CCS(=O)(=O)C1. The lowest BCUT2D eigenvalue weighted by Gasteiger charge is -2.13. The monoisotopic (exact) mass is 333 g/mol. The summed E-state index contributed by atoms with van der Waals surface area (Å²) in [4.78, 5) is 11.4. The van der Waals surface area contributed by atoms with Crippen LogP contribution in [-0.2, 0) is 24.6 Å². The Morgan fingerprint density at radius 3 is 2.57 bits per heavy atom. The molecule has 116 valence electrons. The number of hydrogen-bond acceptors (Lipinski definition) is 6. The zero-order valence-electron chi connectivity index (χ0n) is 11.3. The van der Waals surface area contributed by atoms with Gasteiger partial charge in [0.05, 0.1) is 29.1 Å². The van der Waals surface area contributed by atoms with E-state index in [1.807, 2.05) is 0 Å². The Morgan fingerprint density at radius 1 is 1.33 bits per heavy atom. The Morgan fingerprint density at radius 2 is 2.00 bits per heavy atom. The molecule has 0 radical (unpaired) electrons. The van der Waals surface area contributed by atoms with Crippen LogP contribution in [0, 0.1) is 0 Å². The average Bonchev–Trinajstić information content (AvgIpc) is 2.76. The molecule has 1 saturated heterocycles. The van der Waals surface area contributed by atoms with Crippen LogP contribution in [0.4, 0.5) is 0 Å². The summed E-state index contributed by atoms with van der Waals surface area (Å²) in [7, 11) is -6.04. The van der Waals surface area contributed by atoms with Gasteiger partial charge in [-0.1, -0.05) is 12.1 Å². The van der Waals surface area contributed by atoms with Crippen LogP contribution in [0.25, 0.3) is 0 Å². The first-order valence-electron chi connectivity index (χ1n) is 6.15. The van der Waals surface area contributed by atoms with Crippen molar-refractivity contribution in [1.29, 1.82) is 0 Å². The van der Waals surface area contributed by atoms with Gasteiger partial charge in [-0.2, -0.15) is 0 Å². The Kier molecular flexibility index (Phi) is 4.35. The highest BCUT2D eigenvalue weighted by molar-refractivity contribution is 7.92. The van der Waals surface area contributed by atoms with E-state index in [0.29, 0.717) is 0 Å². The lowest BCUT2D eigenvalue weighted by Crippen LogP contribution is -2.36. The average molecular weight is 333 g/mol. The molecule has 1 aromatic rings. The van der Waals surface area contributed by atoms with Gasteiger partial charge in [0.25, 0.3) is 0 Å². The fourth-order valence-electron chi connectivity index (χ4n) is 2.15. The van der Waals surface area contributed by atoms with E-state index < -0.39 is 31.9 Å². The first-order valence-corrected chi connectivity index (χ1v) is 9.46. The second-order valence-corrected chi connectivity index (χ2v) is 8.62. The predicted octanol–water partition coefficient (Wildman–Crippen LogP) is -0.0614. The van der Waals surface area contributed by atoms with E-state index in [2.05, 4.69) is 9.46 Å². The molecule has 1 fully saturated rings. The fraction of sp³-hybridized carbons (Fsp3) is 0.417. The molecule has 1 aliphatic heterocycles. The molecule has 21 heavy (non-hydrogen) atoms. The van der Waals surface area contributed by atoms with E-state index in [4.69, 9.17) is 0 Å². The molecule has 0 aliphatic carbocycles. The molecule has 1 aromatic carbocycles. The Balaban J connectivity index is 2.31. The first kappa shape index (κ1) is 15.9. The third-order valence-electron chi connectivity index (χ3n) is 3.14. The molecule has 0 spiro atoms. The maximum absolute atomic E-state index is 12.3. The third-order valence-corrected chi connectivity index (χ3v) is 6.48. The third kappa shape index (κ3) is 3.60. The van der Waals surface area contributed by atoms with Crippen molar-refractivity contribution in [3.63, 3.8) is 0 Å². The number of sulfonamides is 1. The van der Waals surface area contributed by atoms with Gasteiger partial charge in [-0.3, -0.25) is 0 Å². The molecule has 1 aliphatic rings. The van der Waals surface area contributed by atoms with Gasteiger partial charge in [0.15, 0.2) is 9.84 Å². The normalized spacial score (nSPS) is 21.1. The Labute approximate surface area is 123 Å². The van der Waals surface area contributed by atoms with Gasteiger partial charge in [-0.05, 0) is 18.6 Å². The van der Waals surface area contributed by atoms with Crippen LogP contribution in [0.5, 0.6) is 0 Å². The summed E-state index contributed by atoms with van der Waals surface area (Å²) in [6, 6.07) is 4.94. The largest absolute Gasteiger partial charge is 0.465 e. The highest BCUT2D eigenvalue weighted by Crippen LogP contribution is 2.19. The van der Waals surface area contributed by atoms with Crippen molar-refractivity contribution in [2.75, 3.05) is 18.6 Å². The summed E-state index contributed by atoms with van der Waals surface area (Å²) in [5.74, 6) is -1.04. The Bertz CT molecular complexity index is 754. The fourth-order valence-corrected chi connectivity index (χ4v) is 5.39. The molecular weight excluding hydrogens is 318 g/mol. The van der Waals surface area contributed by atoms with Gasteiger partial charge >= 0.3 is 5.97 Å². The van der Waals surface area contributed by atoms with E-state index in [1.165, 1.54) is 24.3 Å². The molecule has 1 atom stereocenters. The molecule has 0 amide bonds. The summed E-state index contributed by atoms with van der Waals surface area (Å²) in [5, 5.41) is 0. The summed E-state index contributed by atoms with van der Waals surface area (Å²) in [6.45, 7) is 0. The van der Waals surface area contributed by atoms with Gasteiger partial charge in [-0.15, -0.1) is 0 Å². The molecule has 9 heteroatoms. The van der Waals surface area contributed by atoms with Crippen LogP contribution in [-0.4, -0.2) is 47.5 Å². The van der Waals surface area contributed by atoms with Crippen LogP contribution < -0.4 is 4.72 Å². The number of hydrogen-bond donors (Lipinski definition) is 1. The minimum atomic E-state index is -3.99. The topological polar surface area (TPSA) is 107 Å². The molecule has 0 aromatic heterocycles. The van der Waals surface area contributed by atoms with Gasteiger partial charge in [0.2, 0.25) is 10.0 Å². The second-order valence-electron chi connectivity index (χ2n) is 4.71. The number of benzene rings is 1. The molecule has 1 N–H and O–H groups in total. The van der Waals surface area contributed by atoms with Crippen LogP contribution in [0.2, 0.25) is 0 Å². The maximum atomic E-state index is 12.3. The summed E-state index contributed by atoms with van der Waals surface area (Å²) < 4.78 is 54.3. The van der Waals surface area contributed by atoms with Crippen LogP contribution in [0.15, 0.2) is 29.2 Å². The van der Waals surface area contributed by atoms with Gasteiger partial charge in [0, 0.05) is 6.04 Å². The molecule has 1 unspecified atom stereocenters. The standard InChI is InChI=1S/C12H15NO6S2/c1-19-12(14)10-4-2-3-5-11(10)21(17,18)13-9-6-7-20(15,16)8-9/h2-5,9,13H,6-8H2,1H3. The van der Waals surface area contributed by atoms with Gasteiger partial charge < -0.3 is 4.74 Å². The quantitative estimate of drug-likeness (QED) is 0.774. The Hall–Kier alpha value is -1.45. The van der Waals surface area contributed by atoms with Crippen molar-refractivity contribution in [3.8, 4) is 0 Å². The van der Waals surface area contributed by atoms with Crippen molar-refractivity contribution < 1.29 is 26.4 Å². The van der Waals surface area contributed by atoms with E-state index in [1.54, 1.807) is 0 Å². The highest BCUT2D eigenvalue weighted by Gasteiger charge is 2.32. The number of ether oxygens (including phenoxy) is 1. The first-order chi connectivity index (χ1) is 9.75. The number of carbonyl (C=O) groups is 1. The molecule has 0 bridgehead atoms. The molecule has 0 saturated carbocycles. The van der Waals surface area contributed by atoms with Crippen LogP contribution >= 0.6 is 0 Å². The van der Waals surface area contributed by atoms with Crippen molar-refractivity contribution in [2.45, 2.75) is 17.4 Å². The molecule has 7 nitrogen and oxygen atoms in total. The zero-order valence-corrected chi connectivity index (χ0v) is 12.9. The molecule has 2 rings (SSSR count). The van der Waals surface area contributed by atoms with E-state index in [-0.39, 0.29) is 28.4 Å². The van der Waals surface area contributed by atoms with Crippen molar-refractivity contribution >= 4 is 25.8 Å². The maximum Gasteiger partial charge on any atom is 0.339 e. The lowest BCUT2D eigenvalue weighted by molar-refractivity contribution is 0.0596. The minimum Gasteiger partial charge on any atom is -0.465 e. The summed E-state index contributed by atoms with van der Waals surface area (Å²) in [5.41, 5.74) is -0.0895. The number of sulfone groups is 1. The van der Waals surface area contributed by atoms with Gasteiger partial charge in [0.1, 0.15) is 0 Å². The van der Waals surface area contributed by atoms with Crippen LogP contribution in [0.1, 0.15) is 16.8 Å². The van der Waals surface area contributed by atoms with Crippen molar-refractivity contribution in [2.24, 2.45) is 0 Å². The summed E-state index contributed by atoms with van der Waals surface area (Å²) in [6.07, 6.45) is 0.224. The number of carbonyl (C=O) groups excluding carboxylic acids is 1. The molecular formula is C12H15NO6S2. The van der Waals surface area contributed by atoms with E-state index >= 15 is 0 Å². The van der Waals surface area contributed by atoms with Crippen molar-refractivity contribution in [1.82, 2.24) is 4.72 Å². The van der Waals surface area contributed by atoms with Crippen molar-refractivity contribution in [3.05, 3.63) is 29.8 Å². The number of esters is 1. The van der Waals surface area contributed by atoms with Crippen LogP contribution in [0.3, 0.4) is 0 Å². The smallest absolute Gasteiger partial charge is 0.339 e. The number of rotatable bonds is 4. The van der Waals surface area contributed by atoms with Gasteiger partial charge in [-0.25, -0.2) is 26.4 Å². The lowest BCUT2D eigenvalue weighted by atomic mass is 10.2. The predicted molar refractivity (Wildman–Crippen MR) is 75.2 cm³/mol. The second kappa shape index (κ2) is 5.74. The minimum absolute atomic E-state index is 0.0428. The molecule has 1 heterocycles. The number of methoxy groups -OCH3 is 1. The van der Waals surface area contributed by atoms with E-state index in [9.17, 15) is 21.6 Å². The van der Waals surface area contributed by atoms with E-state index in [0.717, 1.165) is 7.11 Å².